The number of carbonyl (C=O) groups excluding carboxylic acids is 1. The maximum absolute atomic E-state index is 13.0. The summed E-state index contributed by atoms with van der Waals surface area (Å²) in [5.74, 6) is -0.212. The molecule has 0 bridgehead atoms. The minimum atomic E-state index is -3.94. The molecule has 0 fully saturated rings. The zero-order valence-corrected chi connectivity index (χ0v) is 20.0. The highest BCUT2D eigenvalue weighted by molar-refractivity contribution is 7.89. The number of methoxy groups -OCH3 is 1. The first-order valence-corrected chi connectivity index (χ1v) is 12.5. The molecule has 9 heteroatoms. The fourth-order valence-corrected chi connectivity index (χ4v) is 4.97. The second-order valence-electron chi connectivity index (χ2n) is 7.68. The molecule has 4 rings (SSSR count). The van der Waals surface area contributed by atoms with Crippen molar-refractivity contribution in [3.63, 3.8) is 0 Å². The van der Waals surface area contributed by atoms with E-state index >= 15 is 0 Å². The number of carbonyl (C=O) groups is 1. The van der Waals surface area contributed by atoms with Crippen LogP contribution >= 0.6 is 11.6 Å². The quantitative estimate of drug-likeness (QED) is 0.321. The van der Waals surface area contributed by atoms with Gasteiger partial charge >= 0.3 is 0 Å². The molecule has 3 N–H and O–H groups in total. The highest BCUT2D eigenvalue weighted by Crippen LogP contribution is 2.25. The lowest BCUT2D eigenvalue weighted by Gasteiger charge is -2.13. The van der Waals surface area contributed by atoms with Gasteiger partial charge in [-0.1, -0.05) is 41.9 Å². The largest absolute Gasteiger partial charge is 0.495 e. The first-order valence-electron chi connectivity index (χ1n) is 10.6. The first kappa shape index (κ1) is 23.8. The molecule has 34 heavy (non-hydrogen) atoms. The molecule has 3 aromatic carbocycles. The van der Waals surface area contributed by atoms with E-state index in [2.05, 4.69) is 15.0 Å². The number of amides is 1. The van der Waals surface area contributed by atoms with Gasteiger partial charge in [0.15, 0.2) is 0 Å². The van der Waals surface area contributed by atoms with Crippen LogP contribution in [-0.4, -0.2) is 33.0 Å². The summed E-state index contributed by atoms with van der Waals surface area (Å²) in [7, 11) is -2.56. The van der Waals surface area contributed by atoms with Crippen molar-refractivity contribution in [1.29, 1.82) is 0 Å². The average molecular weight is 498 g/mol. The number of benzene rings is 3. The fraction of sp³-hybridized carbons (Fsp3) is 0.160. The van der Waals surface area contributed by atoms with Crippen molar-refractivity contribution in [2.45, 2.75) is 17.9 Å². The molecule has 0 radical (unpaired) electrons. The van der Waals surface area contributed by atoms with Crippen LogP contribution in [0.4, 0.5) is 0 Å². The maximum atomic E-state index is 13.0. The van der Waals surface area contributed by atoms with E-state index in [1.165, 1.54) is 25.3 Å². The molecule has 0 saturated heterocycles. The number of hydrogen-bond acceptors (Lipinski definition) is 4. The standard InChI is InChI=1S/C25H24ClN3O4S/c1-33-23-11-8-18(14-24(23)34(31,32)29-15-17-6-9-20(26)10-7-17)25(30)27-13-12-19-16-28-22-5-3-2-4-21(19)22/h2-11,14,16,28-29H,12-13,15H2,1H3,(H,27,30). The Bertz CT molecular complexity index is 1420. The number of sulfonamides is 1. The Labute approximate surface area is 203 Å². The van der Waals surface area contributed by atoms with E-state index in [0.717, 1.165) is 22.0 Å². The topological polar surface area (TPSA) is 100 Å². The molecule has 0 atom stereocenters. The predicted molar refractivity (Wildman–Crippen MR) is 133 cm³/mol. The van der Waals surface area contributed by atoms with Crippen molar-refractivity contribution in [2.75, 3.05) is 13.7 Å². The molecular formula is C25H24ClN3O4S. The van der Waals surface area contributed by atoms with Crippen molar-refractivity contribution in [3.05, 3.63) is 94.6 Å². The van der Waals surface area contributed by atoms with Crippen molar-refractivity contribution in [2.24, 2.45) is 0 Å². The summed E-state index contributed by atoms with van der Waals surface area (Å²) in [5.41, 5.74) is 3.12. The van der Waals surface area contributed by atoms with Gasteiger partial charge in [-0.2, -0.15) is 0 Å². The number of H-pyrrole nitrogens is 1. The minimum Gasteiger partial charge on any atom is -0.495 e. The van der Waals surface area contributed by atoms with Gasteiger partial charge in [0.1, 0.15) is 10.6 Å². The number of rotatable bonds is 9. The van der Waals surface area contributed by atoms with Gasteiger partial charge in [0, 0.05) is 40.8 Å². The lowest BCUT2D eigenvalue weighted by molar-refractivity contribution is 0.0954. The SMILES string of the molecule is COc1ccc(C(=O)NCCc2c[nH]c3ccccc23)cc1S(=O)(=O)NCc1ccc(Cl)cc1. The molecule has 176 valence electrons. The van der Waals surface area contributed by atoms with Gasteiger partial charge < -0.3 is 15.0 Å². The Morgan fingerprint density at radius 3 is 2.59 bits per heavy atom. The normalized spacial score (nSPS) is 11.5. The summed E-state index contributed by atoms with van der Waals surface area (Å²) >= 11 is 5.88. The van der Waals surface area contributed by atoms with Gasteiger partial charge in [-0.05, 0) is 53.9 Å². The van der Waals surface area contributed by atoms with Crippen molar-refractivity contribution >= 4 is 38.4 Å². The van der Waals surface area contributed by atoms with Gasteiger partial charge in [0.25, 0.3) is 5.91 Å². The lowest BCUT2D eigenvalue weighted by atomic mass is 10.1. The van der Waals surface area contributed by atoms with Crippen LogP contribution in [-0.2, 0) is 23.0 Å². The number of fused-ring (bicyclic) bond motifs is 1. The molecule has 7 nitrogen and oxygen atoms in total. The number of aromatic nitrogens is 1. The molecule has 0 aliphatic heterocycles. The van der Waals surface area contributed by atoms with Crippen LogP contribution in [0, 0.1) is 0 Å². The molecule has 4 aromatic rings. The number of halogens is 1. The first-order chi connectivity index (χ1) is 16.4. The summed E-state index contributed by atoms with van der Waals surface area (Å²) in [4.78, 5) is 15.9. The van der Waals surface area contributed by atoms with Crippen LogP contribution in [0.5, 0.6) is 5.75 Å². The number of aromatic amines is 1. The molecule has 1 amide bonds. The third-order valence-electron chi connectivity index (χ3n) is 5.45. The van der Waals surface area contributed by atoms with Crippen LogP contribution in [0.15, 0.2) is 77.8 Å². The zero-order valence-electron chi connectivity index (χ0n) is 18.5. The van der Waals surface area contributed by atoms with Gasteiger partial charge in [-0.25, -0.2) is 13.1 Å². The molecule has 0 unspecified atom stereocenters. The van der Waals surface area contributed by atoms with Gasteiger partial charge in [0.05, 0.1) is 7.11 Å². The Kier molecular flexibility index (Phi) is 7.21. The Morgan fingerprint density at radius 2 is 1.82 bits per heavy atom. The summed E-state index contributed by atoms with van der Waals surface area (Å²) in [6.07, 6.45) is 2.57. The van der Waals surface area contributed by atoms with Gasteiger partial charge in [-0.3, -0.25) is 4.79 Å². The van der Waals surface area contributed by atoms with Crippen LogP contribution in [0.2, 0.25) is 5.02 Å². The van der Waals surface area contributed by atoms with Gasteiger partial charge in [0.2, 0.25) is 10.0 Å². The minimum absolute atomic E-state index is 0.0731. The third-order valence-corrected chi connectivity index (χ3v) is 7.12. The molecule has 0 aliphatic rings. The van der Waals surface area contributed by atoms with Crippen molar-refractivity contribution in [3.8, 4) is 5.75 Å². The summed E-state index contributed by atoms with van der Waals surface area (Å²) < 4.78 is 33.7. The smallest absolute Gasteiger partial charge is 0.251 e. The van der Waals surface area contributed by atoms with Gasteiger partial charge in [-0.15, -0.1) is 0 Å². The third kappa shape index (κ3) is 5.41. The Balaban J connectivity index is 1.45. The van der Waals surface area contributed by atoms with E-state index in [0.29, 0.717) is 18.0 Å². The summed E-state index contributed by atoms with van der Waals surface area (Å²) in [6, 6.07) is 19.1. The predicted octanol–water partition coefficient (Wildman–Crippen LogP) is 4.28. The van der Waals surface area contributed by atoms with Crippen molar-refractivity contribution < 1.29 is 17.9 Å². The van der Waals surface area contributed by atoms with Crippen LogP contribution in [0.25, 0.3) is 10.9 Å². The number of nitrogens with one attached hydrogen (secondary N) is 3. The van der Waals surface area contributed by atoms with Crippen molar-refractivity contribution in [1.82, 2.24) is 15.0 Å². The van der Waals surface area contributed by atoms with E-state index < -0.39 is 10.0 Å². The molecule has 1 aromatic heterocycles. The molecule has 0 saturated carbocycles. The zero-order chi connectivity index (χ0) is 24.1. The molecular weight excluding hydrogens is 474 g/mol. The second kappa shape index (κ2) is 10.3. The van der Waals surface area contributed by atoms with E-state index in [4.69, 9.17) is 16.3 Å². The highest BCUT2D eigenvalue weighted by Gasteiger charge is 2.21. The van der Waals surface area contributed by atoms with Crippen LogP contribution < -0.4 is 14.8 Å². The van der Waals surface area contributed by atoms with E-state index in [9.17, 15) is 13.2 Å². The summed E-state index contributed by atoms with van der Waals surface area (Å²) in [6.45, 7) is 0.479. The van der Waals surface area contributed by atoms with Crippen LogP contribution in [0.1, 0.15) is 21.5 Å². The van der Waals surface area contributed by atoms with E-state index in [1.807, 2.05) is 30.5 Å². The number of ether oxygens (including phenoxy) is 1. The Morgan fingerprint density at radius 1 is 1.06 bits per heavy atom. The Hall–Kier alpha value is -3.33. The number of para-hydroxylation sites is 1. The maximum Gasteiger partial charge on any atom is 0.251 e. The monoisotopic (exact) mass is 497 g/mol. The van der Waals surface area contributed by atoms with Crippen LogP contribution in [0.3, 0.4) is 0 Å². The fourth-order valence-electron chi connectivity index (χ4n) is 3.64. The lowest BCUT2D eigenvalue weighted by Crippen LogP contribution is -2.27. The van der Waals surface area contributed by atoms with E-state index in [1.54, 1.807) is 24.3 Å². The van der Waals surface area contributed by atoms with E-state index in [-0.39, 0.29) is 28.7 Å². The molecule has 0 spiro atoms. The average Bonchev–Trinajstić information content (AvgIpc) is 3.26. The summed E-state index contributed by atoms with van der Waals surface area (Å²) in [5, 5.41) is 4.54. The molecule has 1 heterocycles. The molecule has 0 aliphatic carbocycles. The number of hydrogen-bond donors (Lipinski definition) is 3. The second-order valence-corrected chi connectivity index (χ2v) is 9.85. The highest BCUT2D eigenvalue weighted by atomic mass is 35.5.